The molecule has 0 unspecified atom stereocenters. The van der Waals surface area contributed by atoms with Crippen molar-refractivity contribution in [1.82, 2.24) is 9.55 Å². The number of para-hydroxylation sites is 2. The number of aromatic nitrogens is 2. The average molecular weight is 257 g/mol. The van der Waals surface area contributed by atoms with Crippen LogP contribution in [0, 0.1) is 6.92 Å². The van der Waals surface area contributed by atoms with Gasteiger partial charge in [0.1, 0.15) is 5.75 Å². The molecule has 0 aliphatic carbocycles. The minimum absolute atomic E-state index is 0.639. The molecule has 1 N–H and O–H groups in total. The Morgan fingerprint density at radius 2 is 2.21 bits per heavy atom. The van der Waals surface area contributed by atoms with E-state index in [1.807, 2.05) is 55.0 Å². The molecule has 2 rings (SSSR count). The van der Waals surface area contributed by atoms with Gasteiger partial charge in [-0.15, -0.1) is 6.58 Å². The molecule has 1 heterocycles. The molecule has 0 bridgehead atoms. The van der Waals surface area contributed by atoms with E-state index in [4.69, 9.17) is 4.74 Å². The smallest absolute Gasteiger partial charge is 0.208 e. The highest BCUT2D eigenvalue weighted by atomic mass is 16.5. The van der Waals surface area contributed by atoms with Crippen LogP contribution in [-0.2, 0) is 0 Å². The number of ether oxygens (including phenoxy) is 1. The monoisotopic (exact) mass is 257 g/mol. The van der Waals surface area contributed by atoms with Crippen molar-refractivity contribution in [2.24, 2.45) is 0 Å². The standard InChI is InChI=1S/C15H19N3O/c1-4-10-16-15-17-12(3)11-18(15)13-8-6-7-9-14(13)19-5-2/h4,6-9,11H,1,5,10H2,2-3H3,(H,16,17). The van der Waals surface area contributed by atoms with Gasteiger partial charge in [0.2, 0.25) is 5.95 Å². The van der Waals surface area contributed by atoms with Crippen LogP contribution in [0.25, 0.3) is 5.69 Å². The zero-order valence-electron chi connectivity index (χ0n) is 11.4. The first-order valence-corrected chi connectivity index (χ1v) is 6.39. The Morgan fingerprint density at radius 1 is 1.42 bits per heavy atom. The maximum atomic E-state index is 5.66. The highest BCUT2D eigenvalue weighted by Gasteiger charge is 2.10. The van der Waals surface area contributed by atoms with Crippen molar-refractivity contribution >= 4 is 5.95 Å². The zero-order chi connectivity index (χ0) is 13.7. The van der Waals surface area contributed by atoms with E-state index in [9.17, 15) is 0 Å². The average Bonchev–Trinajstić information content (AvgIpc) is 2.78. The van der Waals surface area contributed by atoms with Crippen LogP contribution in [-0.4, -0.2) is 22.7 Å². The highest BCUT2D eigenvalue weighted by Crippen LogP contribution is 2.26. The van der Waals surface area contributed by atoms with E-state index in [0.717, 1.165) is 23.1 Å². The van der Waals surface area contributed by atoms with Crippen molar-refractivity contribution in [3.8, 4) is 11.4 Å². The molecule has 1 aromatic heterocycles. The SMILES string of the molecule is C=CCNc1nc(C)cn1-c1ccccc1OCC. The molecule has 100 valence electrons. The second kappa shape index (κ2) is 6.09. The summed E-state index contributed by atoms with van der Waals surface area (Å²) in [7, 11) is 0. The lowest BCUT2D eigenvalue weighted by molar-refractivity contribution is 0.339. The number of rotatable bonds is 6. The first-order valence-electron chi connectivity index (χ1n) is 6.39. The molecule has 0 saturated heterocycles. The fourth-order valence-electron chi connectivity index (χ4n) is 1.90. The summed E-state index contributed by atoms with van der Waals surface area (Å²) in [6, 6.07) is 7.94. The van der Waals surface area contributed by atoms with Crippen molar-refractivity contribution in [3.05, 3.63) is 48.8 Å². The predicted molar refractivity (Wildman–Crippen MR) is 78.2 cm³/mol. The second-order valence-corrected chi connectivity index (χ2v) is 4.15. The third-order valence-electron chi connectivity index (χ3n) is 2.66. The lowest BCUT2D eigenvalue weighted by Crippen LogP contribution is -2.07. The molecule has 0 aliphatic heterocycles. The van der Waals surface area contributed by atoms with Gasteiger partial charge in [0.05, 0.1) is 18.0 Å². The third kappa shape index (κ3) is 2.96. The Bertz CT molecular complexity index is 560. The molecule has 1 aromatic carbocycles. The normalized spacial score (nSPS) is 10.2. The van der Waals surface area contributed by atoms with Gasteiger partial charge in [0, 0.05) is 12.7 Å². The lowest BCUT2D eigenvalue weighted by atomic mass is 10.3. The summed E-state index contributed by atoms with van der Waals surface area (Å²) in [6.45, 7) is 8.97. The van der Waals surface area contributed by atoms with Gasteiger partial charge in [0.25, 0.3) is 0 Å². The minimum atomic E-state index is 0.639. The number of imidazole rings is 1. The molecule has 0 spiro atoms. The van der Waals surface area contributed by atoms with Gasteiger partial charge < -0.3 is 10.1 Å². The first kappa shape index (κ1) is 13.2. The number of anilines is 1. The highest BCUT2D eigenvalue weighted by molar-refractivity contribution is 5.52. The minimum Gasteiger partial charge on any atom is -0.492 e. The molecule has 0 saturated carbocycles. The topological polar surface area (TPSA) is 39.1 Å². The molecule has 0 radical (unpaired) electrons. The Hall–Kier alpha value is -2.23. The van der Waals surface area contributed by atoms with Crippen LogP contribution in [0.15, 0.2) is 43.1 Å². The van der Waals surface area contributed by atoms with Crippen LogP contribution < -0.4 is 10.1 Å². The number of hydrogen-bond donors (Lipinski definition) is 1. The fourth-order valence-corrected chi connectivity index (χ4v) is 1.90. The number of benzene rings is 1. The van der Waals surface area contributed by atoms with Crippen LogP contribution >= 0.6 is 0 Å². The summed E-state index contributed by atoms with van der Waals surface area (Å²) >= 11 is 0. The fraction of sp³-hybridized carbons (Fsp3) is 0.267. The molecule has 0 amide bonds. The van der Waals surface area contributed by atoms with Gasteiger partial charge in [0.15, 0.2) is 0 Å². The van der Waals surface area contributed by atoms with Crippen molar-refractivity contribution in [2.45, 2.75) is 13.8 Å². The van der Waals surface area contributed by atoms with E-state index in [-0.39, 0.29) is 0 Å². The van der Waals surface area contributed by atoms with Gasteiger partial charge in [-0.1, -0.05) is 18.2 Å². The van der Waals surface area contributed by atoms with E-state index in [1.54, 1.807) is 0 Å². The van der Waals surface area contributed by atoms with Gasteiger partial charge >= 0.3 is 0 Å². The van der Waals surface area contributed by atoms with Crippen molar-refractivity contribution in [3.63, 3.8) is 0 Å². The van der Waals surface area contributed by atoms with Gasteiger partial charge in [-0.2, -0.15) is 0 Å². The van der Waals surface area contributed by atoms with Crippen molar-refractivity contribution in [1.29, 1.82) is 0 Å². The van der Waals surface area contributed by atoms with Crippen LogP contribution in [0.4, 0.5) is 5.95 Å². The summed E-state index contributed by atoms with van der Waals surface area (Å²) in [5.41, 5.74) is 1.94. The maximum Gasteiger partial charge on any atom is 0.208 e. The van der Waals surface area contributed by atoms with Gasteiger partial charge in [-0.3, -0.25) is 4.57 Å². The van der Waals surface area contributed by atoms with E-state index in [2.05, 4.69) is 16.9 Å². The second-order valence-electron chi connectivity index (χ2n) is 4.15. The Labute approximate surface area is 113 Å². The van der Waals surface area contributed by atoms with Crippen LogP contribution in [0.3, 0.4) is 0 Å². The summed E-state index contributed by atoms with van der Waals surface area (Å²) in [5.74, 6) is 1.65. The molecule has 0 atom stereocenters. The molecule has 4 nitrogen and oxygen atoms in total. The molecule has 0 fully saturated rings. The quantitative estimate of drug-likeness (QED) is 0.808. The zero-order valence-corrected chi connectivity index (χ0v) is 11.4. The summed E-state index contributed by atoms with van der Waals surface area (Å²) in [5, 5.41) is 3.23. The predicted octanol–water partition coefficient (Wildman–Crippen LogP) is 3.18. The van der Waals surface area contributed by atoms with E-state index in [1.165, 1.54) is 0 Å². The first-order chi connectivity index (χ1) is 9.26. The van der Waals surface area contributed by atoms with E-state index in [0.29, 0.717) is 13.2 Å². The van der Waals surface area contributed by atoms with E-state index >= 15 is 0 Å². The number of nitrogens with one attached hydrogen (secondary N) is 1. The van der Waals surface area contributed by atoms with Gasteiger partial charge in [-0.05, 0) is 26.0 Å². The van der Waals surface area contributed by atoms with E-state index < -0.39 is 0 Å². The summed E-state index contributed by atoms with van der Waals surface area (Å²) in [6.07, 6.45) is 3.80. The van der Waals surface area contributed by atoms with Crippen LogP contribution in [0.2, 0.25) is 0 Å². The third-order valence-corrected chi connectivity index (χ3v) is 2.66. The Morgan fingerprint density at radius 3 is 2.95 bits per heavy atom. The number of hydrogen-bond acceptors (Lipinski definition) is 3. The molecular weight excluding hydrogens is 238 g/mol. The maximum absolute atomic E-state index is 5.66. The molecule has 2 aromatic rings. The van der Waals surface area contributed by atoms with Crippen LogP contribution in [0.5, 0.6) is 5.75 Å². The molecule has 19 heavy (non-hydrogen) atoms. The summed E-state index contributed by atoms with van der Waals surface area (Å²) < 4.78 is 7.67. The largest absolute Gasteiger partial charge is 0.492 e. The summed E-state index contributed by atoms with van der Waals surface area (Å²) in [4.78, 5) is 4.47. The Balaban J connectivity index is 2.42. The number of aryl methyl sites for hydroxylation is 1. The lowest BCUT2D eigenvalue weighted by Gasteiger charge is -2.13. The number of nitrogens with zero attached hydrogens (tertiary/aromatic N) is 2. The molecule has 4 heteroatoms. The van der Waals surface area contributed by atoms with Crippen LogP contribution in [0.1, 0.15) is 12.6 Å². The molecule has 0 aliphatic rings. The molecular formula is C15H19N3O. The van der Waals surface area contributed by atoms with Crippen molar-refractivity contribution < 1.29 is 4.74 Å². The van der Waals surface area contributed by atoms with Gasteiger partial charge in [-0.25, -0.2) is 4.98 Å². The Kier molecular flexibility index (Phi) is 4.23. The van der Waals surface area contributed by atoms with Crippen molar-refractivity contribution in [2.75, 3.05) is 18.5 Å².